The molecule has 0 spiro atoms. The van der Waals surface area contributed by atoms with E-state index in [1.165, 1.54) is 26.0 Å². The van der Waals surface area contributed by atoms with Gasteiger partial charge < -0.3 is 0 Å². The summed E-state index contributed by atoms with van der Waals surface area (Å²) in [5.41, 5.74) is -1.46. The first-order chi connectivity index (χ1) is 12.3. The lowest BCUT2D eigenvalue weighted by atomic mass is 9.91. The Morgan fingerprint density at radius 3 is 2.30 bits per heavy atom. The molecule has 1 aromatic heterocycles. The van der Waals surface area contributed by atoms with Crippen LogP contribution in [-0.2, 0) is 26.4 Å². The molecule has 0 bridgehead atoms. The lowest BCUT2D eigenvalue weighted by Crippen LogP contribution is -2.42. The number of carbonyl (C=O) groups excluding carboxylic acids is 1. The van der Waals surface area contributed by atoms with Crippen LogP contribution in [0.1, 0.15) is 29.2 Å². The highest BCUT2D eigenvalue weighted by molar-refractivity contribution is 9.10. The number of nitrogens with one attached hydrogen (secondary N) is 1. The molecule has 0 radical (unpaired) electrons. The zero-order valence-electron chi connectivity index (χ0n) is 13.9. The number of halogens is 4. The highest BCUT2D eigenvalue weighted by atomic mass is 79.9. The number of hydrogen-bond donors (Lipinski definition) is 1. The molecule has 0 atom stereocenters. The van der Waals surface area contributed by atoms with Crippen LogP contribution in [0.4, 0.5) is 13.2 Å². The minimum atomic E-state index is -4.55. The number of amides is 1. The second-order valence-electron chi connectivity index (χ2n) is 6.01. The van der Waals surface area contributed by atoms with Crippen molar-refractivity contribution in [2.24, 2.45) is 0 Å². The molecule has 0 aliphatic heterocycles. The number of alkyl halides is 3. The summed E-state index contributed by atoms with van der Waals surface area (Å²) in [6.45, 7) is 2.65. The average molecular weight is 481 g/mol. The van der Waals surface area contributed by atoms with Gasteiger partial charge in [-0.3, -0.25) is 4.79 Å². The van der Waals surface area contributed by atoms with Gasteiger partial charge in [0.05, 0.1) is 21.9 Å². The van der Waals surface area contributed by atoms with Crippen LogP contribution in [0.3, 0.4) is 0 Å². The Morgan fingerprint density at radius 2 is 1.78 bits per heavy atom. The van der Waals surface area contributed by atoms with Crippen LogP contribution in [0, 0.1) is 11.3 Å². The molecule has 0 saturated heterocycles. The predicted molar refractivity (Wildman–Crippen MR) is 96.5 cm³/mol. The van der Waals surface area contributed by atoms with Gasteiger partial charge in [-0.2, -0.15) is 18.4 Å². The van der Waals surface area contributed by atoms with E-state index in [1.807, 2.05) is 4.72 Å². The smallest absolute Gasteiger partial charge is 0.273 e. The molecule has 0 saturated carbocycles. The maximum atomic E-state index is 12.8. The first kappa shape index (κ1) is 21.4. The number of rotatable bonds is 4. The topological polar surface area (TPSA) is 87.0 Å². The zero-order chi connectivity index (χ0) is 20.6. The fourth-order valence-electron chi connectivity index (χ4n) is 2.03. The summed E-state index contributed by atoms with van der Waals surface area (Å²) in [5.74, 6) is -0.989. The number of hydrogen-bond acceptors (Lipinski definition) is 5. The number of thiophene rings is 1. The normalized spacial score (nSPS) is 12.5. The predicted octanol–water partition coefficient (Wildman–Crippen LogP) is 4.18. The van der Waals surface area contributed by atoms with Crippen molar-refractivity contribution in [2.75, 3.05) is 0 Å². The van der Waals surface area contributed by atoms with E-state index in [2.05, 4.69) is 15.9 Å². The van der Waals surface area contributed by atoms with Gasteiger partial charge >= 0.3 is 6.18 Å². The van der Waals surface area contributed by atoms with E-state index in [0.29, 0.717) is 15.8 Å². The second-order valence-corrected chi connectivity index (χ2v) is 9.69. The van der Waals surface area contributed by atoms with Crippen LogP contribution in [0.15, 0.2) is 39.7 Å². The van der Waals surface area contributed by atoms with Crippen molar-refractivity contribution >= 4 is 43.2 Å². The summed E-state index contributed by atoms with van der Waals surface area (Å²) in [6.07, 6.45) is -4.55. The molecule has 144 valence electrons. The average Bonchev–Trinajstić information content (AvgIpc) is 3.04. The summed E-state index contributed by atoms with van der Waals surface area (Å²) in [4.78, 5) is 11.4. The monoisotopic (exact) mass is 480 g/mol. The lowest BCUT2D eigenvalue weighted by Gasteiger charge is -2.22. The van der Waals surface area contributed by atoms with Gasteiger partial charge in [-0.25, -0.2) is 13.1 Å². The van der Waals surface area contributed by atoms with Gasteiger partial charge in [0.15, 0.2) is 0 Å². The summed E-state index contributed by atoms with van der Waals surface area (Å²) in [6, 6.07) is 7.47. The first-order valence-electron chi connectivity index (χ1n) is 7.23. The fourth-order valence-corrected chi connectivity index (χ4v) is 4.83. The van der Waals surface area contributed by atoms with Crippen LogP contribution in [0.5, 0.6) is 0 Å². The van der Waals surface area contributed by atoms with Gasteiger partial charge in [-0.15, -0.1) is 11.3 Å². The number of nitrogens with zero attached hydrogens (tertiary/aromatic N) is 1. The van der Waals surface area contributed by atoms with Crippen molar-refractivity contribution in [2.45, 2.75) is 30.3 Å². The van der Waals surface area contributed by atoms with Gasteiger partial charge in [0, 0.05) is 9.35 Å². The van der Waals surface area contributed by atoms with Gasteiger partial charge in [-0.05, 0) is 44.2 Å². The van der Waals surface area contributed by atoms with Crippen molar-refractivity contribution in [3.63, 3.8) is 0 Å². The summed E-state index contributed by atoms with van der Waals surface area (Å²) in [7, 11) is -4.33. The Kier molecular flexibility index (Phi) is 5.75. The van der Waals surface area contributed by atoms with Gasteiger partial charge in [0.25, 0.3) is 10.0 Å². The summed E-state index contributed by atoms with van der Waals surface area (Å²) >= 11 is 3.45. The largest absolute Gasteiger partial charge is 0.425 e. The van der Waals surface area contributed by atoms with Crippen LogP contribution in [0.25, 0.3) is 0 Å². The summed E-state index contributed by atoms with van der Waals surface area (Å²) < 4.78 is 65.4. The maximum Gasteiger partial charge on any atom is 0.425 e. The van der Waals surface area contributed by atoms with E-state index in [9.17, 15) is 26.4 Å². The molecule has 27 heavy (non-hydrogen) atoms. The van der Waals surface area contributed by atoms with Gasteiger partial charge in [0.1, 0.15) is 4.88 Å². The maximum absolute atomic E-state index is 12.8. The van der Waals surface area contributed by atoms with Crippen molar-refractivity contribution in [1.29, 1.82) is 5.26 Å². The van der Waals surface area contributed by atoms with E-state index in [1.54, 1.807) is 6.07 Å². The second kappa shape index (κ2) is 7.26. The molecular formula is C16H12BrF3N2O3S2. The third-order valence-corrected chi connectivity index (χ3v) is 6.83. The third kappa shape index (κ3) is 4.69. The Morgan fingerprint density at radius 1 is 1.19 bits per heavy atom. The van der Waals surface area contributed by atoms with E-state index in [0.717, 1.165) is 18.2 Å². The molecule has 11 heteroatoms. The minimum Gasteiger partial charge on any atom is -0.273 e. The summed E-state index contributed by atoms with van der Waals surface area (Å²) in [5, 5.41) is 8.94. The number of benzene rings is 1. The quantitative estimate of drug-likeness (QED) is 0.710. The number of carbonyl (C=O) groups is 1. The van der Waals surface area contributed by atoms with E-state index in [-0.39, 0.29) is 15.3 Å². The van der Waals surface area contributed by atoms with Gasteiger partial charge in [0.2, 0.25) is 5.91 Å². The van der Waals surface area contributed by atoms with Crippen LogP contribution in [-0.4, -0.2) is 14.3 Å². The fraction of sp³-hybridized carbons (Fsp3) is 0.250. The molecule has 1 N–H and O–H groups in total. The molecule has 5 nitrogen and oxygen atoms in total. The van der Waals surface area contributed by atoms with Crippen molar-refractivity contribution in [3.8, 4) is 6.07 Å². The molecule has 2 aromatic rings. The molecule has 0 unspecified atom stereocenters. The third-order valence-electron chi connectivity index (χ3n) is 3.61. The van der Waals surface area contributed by atoms with E-state index < -0.39 is 32.4 Å². The highest BCUT2D eigenvalue weighted by Gasteiger charge is 2.38. The molecule has 1 aromatic carbocycles. The van der Waals surface area contributed by atoms with Crippen molar-refractivity contribution < 1.29 is 26.4 Å². The highest BCUT2D eigenvalue weighted by Crippen LogP contribution is 2.39. The SMILES string of the molecule is CC(C)(C(=O)NS(=O)(=O)c1cc(Br)cc(C#N)c1)c1ccc(C(F)(F)F)s1. The van der Waals surface area contributed by atoms with Crippen molar-refractivity contribution in [1.82, 2.24) is 4.72 Å². The molecule has 1 amide bonds. The lowest BCUT2D eigenvalue weighted by molar-refractivity contribution is -0.134. The number of nitriles is 1. The number of sulfonamides is 1. The Hall–Kier alpha value is -1.90. The van der Waals surface area contributed by atoms with Crippen molar-refractivity contribution in [3.05, 3.63) is 50.1 Å². The van der Waals surface area contributed by atoms with Gasteiger partial charge in [-0.1, -0.05) is 15.9 Å². The Balaban J connectivity index is 2.33. The standard InChI is InChI=1S/C16H12BrF3N2O3S2/c1-15(2,12-3-4-13(26-12)16(18,19)20)14(23)22-27(24,25)11-6-9(8-21)5-10(17)7-11/h3-7H,1-2H3,(H,22,23). The first-order valence-corrected chi connectivity index (χ1v) is 10.3. The molecule has 2 rings (SSSR count). The zero-order valence-corrected chi connectivity index (χ0v) is 17.1. The molecule has 0 aliphatic rings. The van der Waals surface area contributed by atoms with Crippen LogP contribution >= 0.6 is 27.3 Å². The minimum absolute atomic E-state index is 0.0598. The Bertz CT molecular complexity index is 1040. The van der Waals surface area contributed by atoms with Crippen LogP contribution in [0.2, 0.25) is 0 Å². The Labute approximate surface area is 166 Å². The molecule has 1 heterocycles. The molecule has 0 aliphatic carbocycles. The van der Waals surface area contributed by atoms with E-state index >= 15 is 0 Å². The molecular weight excluding hydrogens is 469 g/mol. The molecule has 0 fully saturated rings. The van der Waals surface area contributed by atoms with E-state index in [4.69, 9.17) is 5.26 Å². The van der Waals surface area contributed by atoms with Crippen LogP contribution < -0.4 is 4.72 Å².